The third-order valence-electron chi connectivity index (χ3n) is 2.95. The van der Waals surface area contributed by atoms with Gasteiger partial charge >= 0.3 is 12.0 Å². The molecule has 0 spiro atoms. The number of urea groups is 1. The zero-order valence-electron chi connectivity index (χ0n) is 10.2. The van der Waals surface area contributed by atoms with Crippen LogP contribution in [-0.2, 0) is 4.79 Å². The molecule has 1 aromatic rings. The summed E-state index contributed by atoms with van der Waals surface area (Å²) in [5.41, 5.74) is 1.34. The van der Waals surface area contributed by atoms with Gasteiger partial charge in [-0.1, -0.05) is 41.1 Å². The third kappa shape index (κ3) is 2.63. The van der Waals surface area contributed by atoms with Gasteiger partial charge in [-0.15, -0.1) is 0 Å². The van der Waals surface area contributed by atoms with Crippen molar-refractivity contribution < 1.29 is 14.7 Å². The number of amides is 2. The van der Waals surface area contributed by atoms with Gasteiger partial charge in [-0.05, 0) is 18.1 Å². The fraction of sp³-hybridized carbons (Fsp3) is 0.231. The molecule has 3 N–H and O–H groups in total. The predicted octanol–water partition coefficient (Wildman–Crippen LogP) is 2.55. The van der Waals surface area contributed by atoms with Crippen molar-refractivity contribution in [3.63, 3.8) is 0 Å². The van der Waals surface area contributed by atoms with Gasteiger partial charge in [0.2, 0.25) is 0 Å². The number of carboxylic acids is 1. The Kier molecular flexibility index (Phi) is 3.90. The van der Waals surface area contributed by atoms with Crippen LogP contribution < -0.4 is 10.6 Å². The van der Waals surface area contributed by atoms with Gasteiger partial charge in [0.05, 0.1) is 11.6 Å². The summed E-state index contributed by atoms with van der Waals surface area (Å²) >= 11 is 3.38. The molecule has 1 unspecified atom stereocenters. The summed E-state index contributed by atoms with van der Waals surface area (Å²) in [4.78, 5) is 23.1. The number of carboxylic acid groups (broad SMARTS) is 1. The summed E-state index contributed by atoms with van der Waals surface area (Å²) in [6.45, 7) is 1.81. The molecule has 19 heavy (non-hydrogen) atoms. The molecule has 1 heterocycles. The van der Waals surface area contributed by atoms with Crippen molar-refractivity contribution in [2.24, 2.45) is 0 Å². The first kappa shape index (κ1) is 13.6. The lowest BCUT2D eigenvalue weighted by molar-refractivity contribution is -0.133. The zero-order valence-corrected chi connectivity index (χ0v) is 11.8. The maximum Gasteiger partial charge on any atom is 0.335 e. The average Bonchev–Trinajstić information content (AvgIpc) is 2.37. The smallest absolute Gasteiger partial charge is 0.335 e. The van der Waals surface area contributed by atoms with E-state index in [4.69, 9.17) is 0 Å². The number of allylic oxidation sites excluding steroid dienone is 1. The van der Waals surface area contributed by atoms with Crippen molar-refractivity contribution in [3.8, 4) is 0 Å². The Bertz CT molecular complexity index is 569. The lowest BCUT2D eigenvalue weighted by Crippen LogP contribution is -2.45. The molecule has 100 valence electrons. The van der Waals surface area contributed by atoms with Crippen LogP contribution in [-0.4, -0.2) is 17.1 Å². The van der Waals surface area contributed by atoms with Gasteiger partial charge in [-0.25, -0.2) is 9.59 Å². The number of rotatable bonds is 3. The van der Waals surface area contributed by atoms with Gasteiger partial charge in [-0.2, -0.15) is 0 Å². The number of carbonyl (C=O) groups excluding carboxylic acids is 1. The molecule has 0 radical (unpaired) electrons. The summed E-state index contributed by atoms with van der Waals surface area (Å²) in [5, 5.41) is 14.6. The van der Waals surface area contributed by atoms with Crippen molar-refractivity contribution in [1.82, 2.24) is 10.6 Å². The standard InChI is InChI=1S/C13H13BrN2O3/c1-2-9-10(12(17)18)11(16-13(19)15-9)7-5-3-4-6-8(7)14/h3-6,11H,2H2,1H3,(H,17,18)(H2,15,16,19). The lowest BCUT2D eigenvalue weighted by Gasteiger charge is -2.28. The molecule has 5 nitrogen and oxygen atoms in total. The molecule has 0 aliphatic carbocycles. The monoisotopic (exact) mass is 324 g/mol. The number of aliphatic carboxylic acids is 1. The number of carbonyl (C=O) groups is 2. The number of hydrogen-bond acceptors (Lipinski definition) is 2. The van der Waals surface area contributed by atoms with E-state index in [1.165, 1.54) is 0 Å². The summed E-state index contributed by atoms with van der Waals surface area (Å²) in [5.74, 6) is -1.04. The minimum absolute atomic E-state index is 0.175. The Morgan fingerprint density at radius 3 is 2.68 bits per heavy atom. The molecule has 6 heteroatoms. The highest BCUT2D eigenvalue weighted by atomic mass is 79.9. The van der Waals surface area contributed by atoms with Crippen LogP contribution in [0.4, 0.5) is 4.79 Å². The van der Waals surface area contributed by atoms with Crippen molar-refractivity contribution in [3.05, 3.63) is 45.6 Å². The van der Waals surface area contributed by atoms with E-state index in [1.807, 2.05) is 12.1 Å². The molecule has 1 aliphatic heterocycles. The lowest BCUT2D eigenvalue weighted by atomic mass is 9.94. The largest absolute Gasteiger partial charge is 0.478 e. The van der Waals surface area contributed by atoms with E-state index in [0.717, 1.165) is 10.0 Å². The minimum atomic E-state index is -1.04. The second-order valence-corrected chi connectivity index (χ2v) is 4.96. The van der Waals surface area contributed by atoms with Crippen LogP contribution in [0.5, 0.6) is 0 Å². The van der Waals surface area contributed by atoms with E-state index in [2.05, 4.69) is 26.6 Å². The molecule has 0 saturated heterocycles. The second-order valence-electron chi connectivity index (χ2n) is 4.10. The molecule has 1 atom stereocenters. The van der Waals surface area contributed by atoms with Crippen molar-refractivity contribution in [2.45, 2.75) is 19.4 Å². The van der Waals surface area contributed by atoms with Crippen molar-refractivity contribution in [2.75, 3.05) is 0 Å². The number of halogens is 1. The molecular weight excluding hydrogens is 312 g/mol. The summed E-state index contributed by atoms with van der Waals surface area (Å²) in [6, 6.07) is 6.20. The molecule has 0 saturated carbocycles. The zero-order chi connectivity index (χ0) is 14.0. The van der Waals surface area contributed by atoms with E-state index in [-0.39, 0.29) is 11.6 Å². The molecule has 2 amide bonds. The Balaban J connectivity index is 2.56. The summed E-state index contributed by atoms with van der Waals surface area (Å²) in [7, 11) is 0. The first-order chi connectivity index (χ1) is 9.04. The van der Waals surface area contributed by atoms with Gasteiger partial charge in [0.1, 0.15) is 0 Å². The highest BCUT2D eigenvalue weighted by molar-refractivity contribution is 9.10. The van der Waals surface area contributed by atoms with E-state index >= 15 is 0 Å². The second kappa shape index (κ2) is 5.44. The van der Waals surface area contributed by atoms with Crippen molar-refractivity contribution in [1.29, 1.82) is 0 Å². The van der Waals surface area contributed by atoms with Crippen LogP contribution in [0.25, 0.3) is 0 Å². The van der Waals surface area contributed by atoms with Gasteiger partial charge in [-0.3, -0.25) is 0 Å². The number of nitrogens with one attached hydrogen (secondary N) is 2. The van der Waals surface area contributed by atoms with Crippen molar-refractivity contribution >= 4 is 27.9 Å². The Hall–Kier alpha value is -1.82. The molecule has 0 bridgehead atoms. The Morgan fingerprint density at radius 1 is 1.42 bits per heavy atom. The fourth-order valence-electron chi connectivity index (χ4n) is 2.09. The summed E-state index contributed by atoms with van der Waals surface area (Å²) in [6.07, 6.45) is 0.454. The average molecular weight is 325 g/mol. The normalized spacial score (nSPS) is 18.8. The predicted molar refractivity (Wildman–Crippen MR) is 73.5 cm³/mol. The topological polar surface area (TPSA) is 78.4 Å². The van der Waals surface area contributed by atoms with Crippen LogP contribution in [0, 0.1) is 0 Å². The molecule has 1 aromatic carbocycles. The van der Waals surface area contributed by atoms with Crippen LogP contribution in [0.2, 0.25) is 0 Å². The molecule has 0 aromatic heterocycles. The van der Waals surface area contributed by atoms with E-state index in [9.17, 15) is 14.7 Å². The van der Waals surface area contributed by atoms with Crippen LogP contribution >= 0.6 is 15.9 Å². The molecule has 2 rings (SSSR count). The van der Waals surface area contributed by atoms with E-state index < -0.39 is 12.0 Å². The van der Waals surface area contributed by atoms with E-state index in [0.29, 0.717) is 12.1 Å². The quantitative estimate of drug-likeness (QED) is 0.799. The SMILES string of the molecule is CCC1=C(C(=O)O)C(c2ccccc2Br)NC(=O)N1. The van der Waals surface area contributed by atoms with Gasteiger partial charge in [0.25, 0.3) is 0 Å². The third-order valence-corrected chi connectivity index (χ3v) is 3.68. The van der Waals surface area contributed by atoms with Crippen LogP contribution in [0.3, 0.4) is 0 Å². The Morgan fingerprint density at radius 2 is 2.11 bits per heavy atom. The highest BCUT2D eigenvalue weighted by Crippen LogP contribution is 2.32. The number of hydrogen-bond donors (Lipinski definition) is 3. The maximum absolute atomic E-state index is 11.6. The molecular formula is C13H13BrN2O3. The fourth-order valence-corrected chi connectivity index (χ4v) is 2.61. The first-order valence-electron chi connectivity index (χ1n) is 5.82. The summed E-state index contributed by atoms with van der Waals surface area (Å²) < 4.78 is 0.761. The number of benzene rings is 1. The van der Waals surface area contributed by atoms with E-state index in [1.54, 1.807) is 19.1 Å². The minimum Gasteiger partial charge on any atom is -0.478 e. The van der Waals surface area contributed by atoms with Crippen LogP contribution in [0.15, 0.2) is 40.0 Å². The van der Waals surface area contributed by atoms with Crippen LogP contribution in [0.1, 0.15) is 24.9 Å². The molecule has 1 aliphatic rings. The van der Waals surface area contributed by atoms with Gasteiger partial charge in [0.15, 0.2) is 0 Å². The first-order valence-corrected chi connectivity index (χ1v) is 6.62. The van der Waals surface area contributed by atoms with Gasteiger partial charge < -0.3 is 15.7 Å². The maximum atomic E-state index is 11.6. The Labute approximate surface area is 118 Å². The highest BCUT2D eigenvalue weighted by Gasteiger charge is 2.32. The molecule has 0 fully saturated rings. The van der Waals surface area contributed by atoms with Gasteiger partial charge in [0, 0.05) is 10.2 Å².